The van der Waals surface area contributed by atoms with Crippen LogP contribution in [0.5, 0.6) is 0 Å². The van der Waals surface area contributed by atoms with Crippen molar-refractivity contribution in [3.8, 4) is 0 Å². The van der Waals surface area contributed by atoms with E-state index in [2.05, 4.69) is 6.92 Å². The van der Waals surface area contributed by atoms with Crippen molar-refractivity contribution >= 4 is 6.29 Å². The quantitative estimate of drug-likeness (QED) is 0.539. The number of hydrogen-bond donors (Lipinski definition) is 0. The van der Waals surface area contributed by atoms with Gasteiger partial charge in [0.15, 0.2) is 0 Å². The second-order valence-electron chi connectivity index (χ2n) is 1.99. The molecule has 0 spiro atoms. The Labute approximate surface area is 69.7 Å². The third-order valence-electron chi connectivity index (χ3n) is 0.276. The Morgan fingerprint density at radius 3 is 1.71 bits per heavy atom. The van der Waals surface area contributed by atoms with E-state index in [1.54, 1.807) is 20.1 Å². The molecule has 0 aliphatic carbocycles. The van der Waals surface area contributed by atoms with Crippen LogP contribution in [0, 0.1) is 12.3 Å². The Morgan fingerprint density at radius 2 is 1.71 bits per heavy atom. The molecule has 0 saturated carbocycles. The van der Waals surface area contributed by atoms with Crippen LogP contribution in [-0.2, 0) is 37.5 Å². The van der Waals surface area contributed by atoms with E-state index in [4.69, 9.17) is 0 Å². The van der Waals surface area contributed by atoms with Crippen LogP contribution in [0.2, 0.25) is 0 Å². The molecule has 0 saturated heterocycles. The van der Waals surface area contributed by atoms with E-state index >= 15 is 0 Å². The molecular formula is C5H8OY. The predicted molar refractivity (Wildman–Crippen MR) is 24.8 cm³/mol. The summed E-state index contributed by atoms with van der Waals surface area (Å²) in [6.45, 7) is 6.88. The van der Waals surface area contributed by atoms with E-state index < -0.39 is 5.41 Å². The van der Waals surface area contributed by atoms with Gasteiger partial charge < -0.3 is 4.79 Å². The SMILES string of the molecule is [CH2+]C(C)(C)[C-]=O.[Y]. The van der Waals surface area contributed by atoms with Gasteiger partial charge in [0.2, 0.25) is 0 Å². The van der Waals surface area contributed by atoms with Crippen LogP contribution >= 0.6 is 0 Å². The summed E-state index contributed by atoms with van der Waals surface area (Å²) >= 11 is 0. The Bertz CT molecular complexity index is 53.6. The third kappa shape index (κ3) is 10.8. The number of rotatable bonds is 1. The molecule has 0 aliphatic rings. The molecule has 7 heavy (non-hydrogen) atoms. The third-order valence-corrected chi connectivity index (χ3v) is 0.276. The van der Waals surface area contributed by atoms with Crippen molar-refractivity contribution in [3.05, 3.63) is 6.92 Å². The molecule has 0 aromatic carbocycles. The van der Waals surface area contributed by atoms with Crippen molar-refractivity contribution < 1.29 is 37.5 Å². The molecule has 1 nitrogen and oxygen atoms in total. The molecular weight excluding hydrogens is 165 g/mol. The predicted octanol–water partition coefficient (Wildman–Crippen LogP) is 0.954. The van der Waals surface area contributed by atoms with Gasteiger partial charge in [-0.1, -0.05) is 0 Å². The maximum atomic E-state index is 9.64. The van der Waals surface area contributed by atoms with Crippen LogP contribution in [0.3, 0.4) is 0 Å². The maximum absolute atomic E-state index is 9.64. The van der Waals surface area contributed by atoms with Gasteiger partial charge in [0, 0.05) is 45.0 Å². The van der Waals surface area contributed by atoms with Gasteiger partial charge in [-0.05, 0) is 13.8 Å². The zero-order chi connectivity index (χ0) is 5.21. The molecule has 0 heterocycles. The first-order valence-corrected chi connectivity index (χ1v) is 1.81. The average Bonchev–Trinajstić information content (AvgIpc) is 1.35. The van der Waals surface area contributed by atoms with Crippen molar-refractivity contribution in [1.82, 2.24) is 0 Å². The minimum Gasteiger partial charge on any atom is -0.537 e. The van der Waals surface area contributed by atoms with Crippen molar-refractivity contribution in [2.24, 2.45) is 5.41 Å². The van der Waals surface area contributed by atoms with Gasteiger partial charge in [-0.3, -0.25) is 0 Å². The summed E-state index contributed by atoms with van der Waals surface area (Å²) in [6, 6.07) is 0. The van der Waals surface area contributed by atoms with Crippen molar-refractivity contribution in [1.29, 1.82) is 0 Å². The first-order chi connectivity index (χ1) is 2.56. The summed E-state index contributed by atoms with van der Waals surface area (Å²) in [5.41, 5.74) is -0.514. The topological polar surface area (TPSA) is 17.1 Å². The second-order valence-corrected chi connectivity index (χ2v) is 1.99. The fraction of sp³-hybridized carbons (Fsp3) is 0.600. The molecule has 0 N–H and O–H groups in total. The minimum atomic E-state index is -0.514. The normalized spacial score (nSPS) is 9.43. The first kappa shape index (κ1) is 10.6. The number of carbonyl (C=O) groups excluding carboxylic acids is 1. The summed E-state index contributed by atoms with van der Waals surface area (Å²) in [4.78, 5) is 9.64. The molecule has 0 aliphatic heterocycles. The van der Waals surface area contributed by atoms with Crippen LogP contribution in [-0.4, -0.2) is 6.29 Å². The molecule has 0 unspecified atom stereocenters. The molecule has 1 radical (unpaired) electrons. The molecule has 0 aromatic rings. The molecule has 0 atom stereocenters. The standard InChI is InChI=1S/C5H8O.Y/c1-5(2,3)4-6;/h1H2,2-3H3;. The van der Waals surface area contributed by atoms with E-state index in [0.29, 0.717) is 0 Å². The van der Waals surface area contributed by atoms with E-state index in [1.807, 2.05) is 0 Å². The van der Waals surface area contributed by atoms with Crippen LogP contribution < -0.4 is 0 Å². The van der Waals surface area contributed by atoms with E-state index in [9.17, 15) is 4.79 Å². The molecule has 0 fully saturated rings. The summed E-state index contributed by atoms with van der Waals surface area (Å²) in [7, 11) is 0. The van der Waals surface area contributed by atoms with Gasteiger partial charge in [0.1, 0.15) is 0 Å². The Hall–Kier alpha value is 0.644. The second kappa shape index (κ2) is 3.62. The van der Waals surface area contributed by atoms with Crippen molar-refractivity contribution in [2.45, 2.75) is 13.8 Å². The summed E-state index contributed by atoms with van der Waals surface area (Å²) in [5.74, 6) is 0. The van der Waals surface area contributed by atoms with E-state index in [-0.39, 0.29) is 32.7 Å². The van der Waals surface area contributed by atoms with Gasteiger partial charge in [-0.2, -0.15) is 0 Å². The minimum absolute atomic E-state index is 0. The zero-order valence-electron chi connectivity index (χ0n) is 4.69. The summed E-state index contributed by atoms with van der Waals surface area (Å²) < 4.78 is 0. The fourth-order valence-electron chi connectivity index (χ4n) is 0. The van der Waals surface area contributed by atoms with E-state index in [0.717, 1.165) is 0 Å². The van der Waals surface area contributed by atoms with Crippen molar-refractivity contribution in [3.63, 3.8) is 0 Å². The largest absolute Gasteiger partial charge is 0.537 e. The molecule has 0 aromatic heterocycles. The van der Waals surface area contributed by atoms with Gasteiger partial charge in [0.25, 0.3) is 0 Å². The van der Waals surface area contributed by atoms with Gasteiger partial charge in [-0.15, -0.1) is 0 Å². The molecule has 37 valence electrons. The smallest absolute Gasteiger partial charge is 0.0396 e. The van der Waals surface area contributed by atoms with Crippen LogP contribution in [0.4, 0.5) is 0 Å². The fourth-order valence-corrected chi connectivity index (χ4v) is 0. The first-order valence-electron chi connectivity index (χ1n) is 1.81. The Morgan fingerprint density at radius 1 is 1.57 bits per heavy atom. The molecule has 0 rings (SSSR count). The van der Waals surface area contributed by atoms with Gasteiger partial charge in [-0.25, -0.2) is 6.29 Å². The monoisotopic (exact) mass is 173 g/mol. The average molecular weight is 173 g/mol. The maximum Gasteiger partial charge on any atom is 0.0396 e. The van der Waals surface area contributed by atoms with Crippen LogP contribution in [0.15, 0.2) is 0 Å². The Balaban J connectivity index is 0. The van der Waals surface area contributed by atoms with Crippen LogP contribution in [0.1, 0.15) is 13.8 Å². The Kier molecular flexibility index (Phi) is 5.48. The zero-order valence-corrected chi connectivity index (χ0v) is 7.53. The summed E-state index contributed by atoms with van der Waals surface area (Å²) in [6.07, 6.45) is 1.74. The summed E-state index contributed by atoms with van der Waals surface area (Å²) in [5, 5.41) is 0. The van der Waals surface area contributed by atoms with E-state index in [1.165, 1.54) is 0 Å². The van der Waals surface area contributed by atoms with Gasteiger partial charge >= 0.3 is 0 Å². The van der Waals surface area contributed by atoms with Crippen LogP contribution in [0.25, 0.3) is 0 Å². The van der Waals surface area contributed by atoms with Crippen molar-refractivity contribution in [2.75, 3.05) is 0 Å². The molecule has 0 bridgehead atoms. The molecule has 0 amide bonds. The van der Waals surface area contributed by atoms with Gasteiger partial charge in [0.05, 0.1) is 0 Å². The molecule has 2 heteroatoms. The number of hydrogen-bond acceptors (Lipinski definition) is 1.